The molecule has 1 aromatic carbocycles. The summed E-state index contributed by atoms with van der Waals surface area (Å²) < 4.78 is 18.0. The molecule has 0 amide bonds. The number of hydrogen-bond donors (Lipinski definition) is 0. The molecule has 6 atom stereocenters. The van der Waals surface area contributed by atoms with Crippen molar-refractivity contribution in [3.8, 4) is 0 Å². The molecule has 0 spiro atoms. The normalized spacial score (nSPS) is 30.7. The van der Waals surface area contributed by atoms with E-state index in [2.05, 4.69) is 0 Å². The molecule has 6 unspecified atom stereocenters. The molecule has 0 aliphatic heterocycles. The number of ketones is 2. The smallest absolute Gasteiger partial charge is 0.338 e. The Bertz CT molecular complexity index is 1190. The van der Waals surface area contributed by atoms with Crippen molar-refractivity contribution in [2.75, 3.05) is 0 Å². The van der Waals surface area contributed by atoms with Crippen LogP contribution in [0.2, 0.25) is 0 Å². The second-order valence-electron chi connectivity index (χ2n) is 11.3. The summed E-state index contributed by atoms with van der Waals surface area (Å²) in [5, 5.41) is 0. The number of ether oxygens (including phenoxy) is 3. The molecule has 2 aliphatic carbocycles. The molecule has 0 saturated heterocycles. The van der Waals surface area contributed by atoms with Crippen LogP contribution in [0.4, 0.5) is 0 Å². The zero-order chi connectivity index (χ0) is 29.1. The summed E-state index contributed by atoms with van der Waals surface area (Å²) in [6.07, 6.45) is 3.17. The van der Waals surface area contributed by atoms with Crippen LogP contribution in [0.3, 0.4) is 0 Å². The van der Waals surface area contributed by atoms with Crippen molar-refractivity contribution in [3.63, 3.8) is 0 Å². The average Bonchev–Trinajstić information content (AvgIpc) is 3.10. The zero-order valence-corrected chi connectivity index (χ0v) is 23.7. The third kappa shape index (κ3) is 6.54. The molecule has 8 nitrogen and oxygen atoms in total. The fraction of sp³-hybridized carbons (Fsp3) is 0.516. The van der Waals surface area contributed by atoms with E-state index < -0.39 is 53.0 Å². The van der Waals surface area contributed by atoms with Gasteiger partial charge < -0.3 is 14.2 Å². The third-order valence-electron chi connectivity index (χ3n) is 7.68. The molecule has 210 valence electrons. The lowest BCUT2D eigenvalue weighted by Crippen LogP contribution is -2.55. The highest BCUT2D eigenvalue weighted by atomic mass is 16.6. The maximum Gasteiger partial charge on any atom is 0.338 e. The Kier molecular flexibility index (Phi) is 8.98. The monoisotopic (exact) mass is 538 g/mol. The standard InChI is InChI=1S/C31H38O8/c1-18-13-14-30(6,7)26(35)16-25(34)19(2)15-24-27(38-29(36)23-11-9-8-10-12-23)20(3)17-31(24,39-22(5)33)28(18)37-21(4)32/h8-15,18,20,24,27-28H,16-17H2,1-7H3. The van der Waals surface area contributed by atoms with E-state index in [4.69, 9.17) is 14.2 Å². The number of hydrogen-bond acceptors (Lipinski definition) is 8. The Morgan fingerprint density at radius 1 is 0.949 bits per heavy atom. The quantitative estimate of drug-likeness (QED) is 0.232. The van der Waals surface area contributed by atoms with Crippen LogP contribution < -0.4 is 0 Å². The minimum absolute atomic E-state index is 0.209. The van der Waals surface area contributed by atoms with Crippen LogP contribution in [0.25, 0.3) is 0 Å². The van der Waals surface area contributed by atoms with Crippen LogP contribution in [0.1, 0.15) is 71.7 Å². The number of Topliss-reactive ketones (excluding diaryl/α,β-unsaturated/α-hetero) is 2. The molecule has 1 saturated carbocycles. The Hall–Kier alpha value is -3.55. The van der Waals surface area contributed by atoms with Crippen LogP contribution in [-0.4, -0.2) is 47.3 Å². The summed E-state index contributed by atoms with van der Waals surface area (Å²) in [6, 6.07) is 8.50. The highest BCUT2D eigenvalue weighted by molar-refractivity contribution is 6.09. The van der Waals surface area contributed by atoms with Gasteiger partial charge in [-0.2, -0.15) is 0 Å². The maximum atomic E-state index is 13.2. The molecule has 0 N–H and O–H groups in total. The number of carbonyl (C=O) groups is 5. The van der Waals surface area contributed by atoms with Crippen molar-refractivity contribution in [2.45, 2.75) is 79.1 Å². The summed E-state index contributed by atoms with van der Waals surface area (Å²) in [7, 11) is 0. The summed E-state index contributed by atoms with van der Waals surface area (Å²) in [6.45, 7) is 11.2. The number of carbonyl (C=O) groups excluding carboxylic acids is 5. The highest BCUT2D eigenvalue weighted by Crippen LogP contribution is 2.50. The van der Waals surface area contributed by atoms with E-state index in [1.807, 2.05) is 13.8 Å². The van der Waals surface area contributed by atoms with E-state index in [1.165, 1.54) is 13.8 Å². The Morgan fingerprint density at radius 3 is 2.18 bits per heavy atom. The van der Waals surface area contributed by atoms with Crippen LogP contribution in [-0.2, 0) is 33.4 Å². The second kappa shape index (κ2) is 11.7. The fourth-order valence-electron chi connectivity index (χ4n) is 5.61. The second-order valence-corrected chi connectivity index (χ2v) is 11.3. The van der Waals surface area contributed by atoms with Gasteiger partial charge in [0.1, 0.15) is 18.0 Å². The zero-order valence-electron chi connectivity index (χ0n) is 23.7. The van der Waals surface area contributed by atoms with Gasteiger partial charge in [0.05, 0.1) is 17.9 Å². The molecule has 1 fully saturated rings. The van der Waals surface area contributed by atoms with Crippen molar-refractivity contribution in [2.24, 2.45) is 23.2 Å². The lowest BCUT2D eigenvalue weighted by Gasteiger charge is -2.42. The molecule has 1 aromatic rings. The van der Waals surface area contributed by atoms with Crippen molar-refractivity contribution < 1.29 is 38.2 Å². The molecular weight excluding hydrogens is 500 g/mol. The number of benzene rings is 1. The van der Waals surface area contributed by atoms with Gasteiger partial charge in [-0.25, -0.2) is 4.79 Å². The molecule has 0 aromatic heterocycles. The molecule has 39 heavy (non-hydrogen) atoms. The van der Waals surface area contributed by atoms with Gasteiger partial charge in [0.15, 0.2) is 11.4 Å². The number of esters is 3. The van der Waals surface area contributed by atoms with Gasteiger partial charge in [-0.05, 0) is 50.8 Å². The molecule has 0 radical (unpaired) electrons. The molecule has 2 aliphatic rings. The minimum Gasteiger partial charge on any atom is -0.458 e. The largest absolute Gasteiger partial charge is 0.458 e. The topological polar surface area (TPSA) is 113 Å². The molecule has 8 heteroatoms. The van der Waals surface area contributed by atoms with Gasteiger partial charge in [0.2, 0.25) is 0 Å². The SMILES string of the molecule is CC(=O)OC1C(C)C=CC(C)(C)C(=O)CC(=O)C(C)=CC2C(OC(=O)c3ccccc3)C(C)CC21OC(C)=O. The first-order valence-corrected chi connectivity index (χ1v) is 13.2. The van der Waals surface area contributed by atoms with Crippen LogP contribution in [0.15, 0.2) is 54.1 Å². The first kappa shape index (κ1) is 30.0. The van der Waals surface area contributed by atoms with Gasteiger partial charge in [0.25, 0.3) is 0 Å². The van der Waals surface area contributed by atoms with Gasteiger partial charge in [0, 0.05) is 25.2 Å². The van der Waals surface area contributed by atoms with Crippen molar-refractivity contribution in [3.05, 3.63) is 59.7 Å². The lowest BCUT2D eigenvalue weighted by molar-refractivity contribution is -0.195. The van der Waals surface area contributed by atoms with Crippen LogP contribution >= 0.6 is 0 Å². The lowest BCUT2D eigenvalue weighted by atomic mass is 9.75. The average molecular weight is 539 g/mol. The molecule has 3 rings (SSSR count). The maximum absolute atomic E-state index is 13.2. The van der Waals surface area contributed by atoms with Crippen molar-refractivity contribution >= 4 is 29.5 Å². The van der Waals surface area contributed by atoms with Crippen molar-refractivity contribution in [1.82, 2.24) is 0 Å². The van der Waals surface area contributed by atoms with Gasteiger partial charge >= 0.3 is 17.9 Å². The first-order valence-electron chi connectivity index (χ1n) is 13.2. The summed E-state index contributed by atoms with van der Waals surface area (Å²) in [4.78, 5) is 64.3. The minimum atomic E-state index is -1.45. The van der Waals surface area contributed by atoms with Gasteiger partial charge in [-0.3, -0.25) is 19.2 Å². The predicted octanol–water partition coefficient (Wildman–Crippen LogP) is 4.81. The van der Waals surface area contributed by atoms with Crippen LogP contribution in [0.5, 0.6) is 0 Å². The fourth-order valence-corrected chi connectivity index (χ4v) is 5.61. The highest BCUT2D eigenvalue weighted by Gasteiger charge is 2.62. The van der Waals surface area contributed by atoms with E-state index in [-0.39, 0.29) is 35.9 Å². The number of rotatable bonds is 4. The van der Waals surface area contributed by atoms with E-state index in [9.17, 15) is 24.0 Å². The van der Waals surface area contributed by atoms with Gasteiger partial charge in [-0.15, -0.1) is 0 Å². The Morgan fingerprint density at radius 2 is 1.59 bits per heavy atom. The summed E-state index contributed by atoms with van der Waals surface area (Å²) in [5.74, 6) is -4.06. The van der Waals surface area contributed by atoms with E-state index in [0.29, 0.717) is 5.56 Å². The number of allylic oxidation sites excluding steroid dienone is 2. The van der Waals surface area contributed by atoms with Crippen LogP contribution in [0, 0.1) is 23.2 Å². The van der Waals surface area contributed by atoms with Gasteiger partial charge in [-0.1, -0.05) is 50.3 Å². The number of fused-ring (bicyclic) bond motifs is 1. The summed E-state index contributed by atoms with van der Waals surface area (Å²) >= 11 is 0. The summed E-state index contributed by atoms with van der Waals surface area (Å²) in [5.41, 5.74) is -1.78. The van der Waals surface area contributed by atoms with E-state index >= 15 is 0 Å². The molecule has 0 bridgehead atoms. The Labute approximate surface area is 229 Å². The third-order valence-corrected chi connectivity index (χ3v) is 7.68. The van der Waals surface area contributed by atoms with Crippen molar-refractivity contribution in [1.29, 1.82) is 0 Å². The molecule has 0 heterocycles. The molecular formula is C31H38O8. The van der Waals surface area contributed by atoms with E-state index in [1.54, 1.807) is 69.3 Å². The first-order chi connectivity index (χ1) is 18.2. The predicted molar refractivity (Wildman–Crippen MR) is 143 cm³/mol. The van der Waals surface area contributed by atoms with E-state index in [0.717, 1.165) is 0 Å². The Balaban J connectivity index is 2.24.